The molecular formula is C13H13BrClN3O. The van der Waals surface area contributed by atoms with Gasteiger partial charge in [0.15, 0.2) is 0 Å². The third-order valence-electron chi connectivity index (χ3n) is 2.63. The molecule has 0 aliphatic rings. The summed E-state index contributed by atoms with van der Waals surface area (Å²) in [4.78, 5) is 11.9. The first kappa shape index (κ1) is 14.1. The molecule has 1 aromatic heterocycles. The molecule has 2 aromatic rings. The van der Waals surface area contributed by atoms with Gasteiger partial charge in [0.05, 0.1) is 11.6 Å². The average Bonchev–Trinajstić information content (AvgIpc) is 2.77. The highest BCUT2D eigenvalue weighted by molar-refractivity contribution is 9.10. The lowest BCUT2D eigenvalue weighted by molar-refractivity contribution is 0.0950. The summed E-state index contributed by atoms with van der Waals surface area (Å²) in [5, 5.41) is 7.64. The maximum atomic E-state index is 11.9. The van der Waals surface area contributed by atoms with Crippen LogP contribution in [-0.2, 0) is 13.1 Å². The molecule has 0 spiro atoms. The summed E-state index contributed by atoms with van der Waals surface area (Å²) in [6.07, 6.45) is 1.75. The van der Waals surface area contributed by atoms with Crippen molar-refractivity contribution in [3.8, 4) is 0 Å². The third kappa shape index (κ3) is 3.58. The molecule has 6 heteroatoms. The number of halogens is 2. The van der Waals surface area contributed by atoms with Crippen molar-refractivity contribution in [2.24, 2.45) is 0 Å². The lowest BCUT2D eigenvalue weighted by Gasteiger charge is -2.04. The maximum absolute atomic E-state index is 11.9. The van der Waals surface area contributed by atoms with Gasteiger partial charge in [-0.15, -0.1) is 0 Å². The summed E-state index contributed by atoms with van der Waals surface area (Å²) in [6, 6.07) is 7.17. The summed E-state index contributed by atoms with van der Waals surface area (Å²) in [7, 11) is 0. The predicted octanol–water partition coefficient (Wildman–Crippen LogP) is 3.25. The Morgan fingerprint density at radius 1 is 1.42 bits per heavy atom. The standard InChI is InChI=1S/C13H13BrClN3O/c1-2-18-8-11(15)12(17-18)7-16-13(19)9-3-5-10(14)6-4-9/h3-6,8H,2,7H2,1H3,(H,16,19). The van der Waals surface area contributed by atoms with E-state index >= 15 is 0 Å². The average molecular weight is 343 g/mol. The summed E-state index contributed by atoms with van der Waals surface area (Å²) in [5.41, 5.74) is 1.28. The first-order valence-corrected chi connectivity index (χ1v) is 7.03. The molecule has 4 nitrogen and oxygen atoms in total. The van der Waals surface area contributed by atoms with Crippen molar-refractivity contribution in [3.05, 3.63) is 51.2 Å². The van der Waals surface area contributed by atoms with Crippen LogP contribution in [0, 0.1) is 0 Å². The van der Waals surface area contributed by atoms with Crippen LogP contribution in [0.4, 0.5) is 0 Å². The van der Waals surface area contributed by atoms with E-state index in [1.54, 1.807) is 23.0 Å². The van der Waals surface area contributed by atoms with Gasteiger partial charge in [0.1, 0.15) is 5.69 Å². The number of aromatic nitrogens is 2. The van der Waals surface area contributed by atoms with Crippen LogP contribution in [0.3, 0.4) is 0 Å². The summed E-state index contributed by atoms with van der Waals surface area (Å²) < 4.78 is 2.68. The van der Waals surface area contributed by atoms with Gasteiger partial charge in [-0.3, -0.25) is 9.48 Å². The van der Waals surface area contributed by atoms with E-state index in [0.717, 1.165) is 11.0 Å². The normalized spacial score (nSPS) is 10.5. The minimum absolute atomic E-state index is 0.144. The number of carbonyl (C=O) groups is 1. The van der Waals surface area contributed by atoms with Gasteiger partial charge in [-0.25, -0.2) is 0 Å². The lowest BCUT2D eigenvalue weighted by Crippen LogP contribution is -2.23. The third-order valence-corrected chi connectivity index (χ3v) is 3.48. The molecular weight excluding hydrogens is 330 g/mol. The highest BCUT2D eigenvalue weighted by atomic mass is 79.9. The van der Waals surface area contributed by atoms with Gasteiger partial charge in [0.25, 0.3) is 5.91 Å². The highest BCUT2D eigenvalue weighted by Gasteiger charge is 2.09. The number of rotatable bonds is 4. The highest BCUT2D eigenvalue weighted by Crippen LogP contribution is 2.14. The molecule has 0 fully saturated rings. The van der Waals surface area contributed by atoms with Crippen LogP contribution in [0.2, 0.25) is 5.02 Å². The van der Waals surface area contributed by atoms with Gasteiger partial charge < -0.3 is 5.32 Å². The molecule has 0 aliphatic heterocycles. The van der Waals surface area contributed by atoms with E-state index < -0.39 is 0 Å². The lowest BCUT2D eigenvalue weighted by atomic mass is 10.2. The van der Waals surface area contributed by atoms with Crippen LogP contribution < -0.4 is 5.32 Å². The maximum Gasteiger partial charge on any atom is 0.251 e. The quantitative estimate of drug-likeness (QED) is 0.927. The second kappa shape index (κ2) is 6.21. The molecule has 2 rings (SSSR count). The molecule has 19 heavy (non-hydrogen) atoms. The summed E-state index contributed by atoms with van der Waals surface area (Å²) >= 11 is 9.36. The fourth-order valence-electron chi connectivity index (χ4n) is 1.59. The minimum Gasteiger partial charge on any atom is -0.346 e. The summed E-state index contributed by atoms with van der Waals surface area (Å²) in [5.74, 6) is -0.144. The van der Waals surface area contributed by atoms with Gasteiger partial charge in [0, 0.05) is 22.8 Å². The van der Waals surface area contributed by atoms with Gasteiger partial charge in [-0.2, -0.15) is 5.10 Å². The molecule has 0 bridgehead atoms. The van der Waals surface area contributed by atoms with Crippen LogP contribution in [0.5, 0.6) is 0 Å². The Hall–Kier alpha value is -1.33. The molecule has 1 N–H and O–H groups in total. The van der Waals surface area contributed by atoms with Gasteiger partial charge >= 0.3 is 0 Å². The molecule has 0 radical (unpaired) electrons. The Labute approximate surface area is 124 Å². The molecule has 1 aromatic carbocycles. The Balaban J connectivity index is 2.00. The first-order valence-electron chi connectivity index (χ1n) is 5.85. The number of benzene rings is 1. The van der Waals surface area contributed by atoms with E-state index in [4.69, 9.17) is 11.6 Å². The Kier molecular flexibility index (Phi) is 4.61. The van der Waals surface area contributed by atoms with Crippen LogP contribution in [0.25, 0.3) is 0 Å². The molecule has 0 atom stereocenters. The number of aryl methyl sites for hydroxylation is 1. The van der Waals surface area contributed by atoms with Crippen molar-refractivity contribution in [1.29, 1.82) is 0 Å². The van der Waals surface area contributed by atoms with Crippen LogP contribution in [0.15, 0.2) is 34.9 Å². The molecule has 0 unspecified atom stereocenters. The van der Waals surface area contributed by atoms with E-state index in [-0.39, 0.29) is 5.91 Å². The number of nitrogens with zero attached hydrogens (tertiary/aromatic N) is 2. The van der Waals surface area contributed by atoms with E-state index in [1.807, 2.05) is 19.1 Å². The minimum atomic E-state index is -0.144. The number of nitrogens with one attached hydrogen (secondary N) is 1. The van der Waals surface area contributed by atoms with Gasteiger partial charge in [0.2, 0.25) is 0 Å². The zero-order chi connectivity index (χ0) is 13.8. The van der Waals surface area contributed by atoms with Gasteiger partial charge in [-0.05, 0) is 31.2 Å². The number of amides is 1. The second-order valence-electron chi connectivity index (χ2n) is 3.97. The van der Waals surface area contributed by atoms with Crippen LogP contribution in [0.1, 0.15) is 23.0 Å². The van der Waals surface area contributed by atoms with Crippen molar-refractivity contribution in [2.75, 3.05) is 0 Å². The molecule has 100 valence electrons. The number of hydrogen-bond acceptors (Lipinski definition) is 2. The van der Waals surface area contributed by atoms with Crippen molar-refractivity contribution in [1.82, 2.24) is 15.1 Å². The molecule has 0 saturated carbocycles. The second-order valence-corrected chi connectivity index (χ2v) is 5.29. The number of hydrogen-bond donors (Lipinski definition) is 1. The summed E-state index contributed by atoms with van der Waals surface area (Å²) in [6.45, 7) is 3.05. The Morgan fingerprint density at radius 3 is 2.68 bits per heavy atom. The first-order chi connectivity index (χ1) is 9.10. The van der Waals surface area contributed by atoms with Crippen LogP contribution in [-0.4, -0.2) is 15.7 Å². The van der Waals surface area contributed by atoms with Crippen molar-refractivity contribution in [3.63, 3.8) is 0 Å². The van der Waals surface area contributed by atoms with Crippen LogP contribution >= 0.6 is 27.5 Å². The molecule has 1 heterocycles. The molecule has 1 amide bonds. The molecule has 0 saturated heterocycles. The van der Waals surface area contributed by atoms with Crippen molar-refractivity contribution in [2.45, 2.75) is 20.0 Å². The van der Waals surface area contributed by atoms with E-state index in [2.05, 4.69) is 26.3 Å². The zero-order valence-corrected chi connectivity index (χ0v) is 12.7. The fourth-order valence-corrected chi connectivity index (χ4v) is 2.07. The predicted molar refractivity (Wildman–Crippen MR) is 78.2 cm³/mol. The SMILES string of the molecule is CCn1cc(Cl)c(CNC(=O)c2ccc(Br)cc2)n1. The fraction of sp³-hybridized carbons (Fsp3) is 0.231. The molecule has 0 aliphatic carbocycles. The van der Waals surface area contributed by atoms with Gasteiger partial charge in [-0.1, -0.05) is 27.5 Å². The number of carbonyl (C=O) groups excluding carboxylic acids is 1. The van der Waals surface area contributed by atoms with Crippen molar-refractivity contribution < 1.29 is 4.79 Å². The van der Waals surface area contributed by atoms with E-state index in [9.17, 15) is 4.79 Å². The smallest absolute Gasteiger partial charge is 0.251 e. The van der Waals surface area contributed by atoms with Crippen molar-refractivity contribution >= 4 is 33.4 Å². The van der Waals surface area contributed by atoms with E-state index in [0.29, 0.717) is 22.8 Å². The topological polar surface area (TPSA) is 46.9 Å². The van der Waals surface area contributed by atoms with E-state index in [1.165, 1.54) is 0 Å². The Bertz CT molecular complexity index is 580. The Morgan fingerprint density at radius 2 is 2.11 bits per heavy atom. The monoisotopic (exact) mass is 341 g/mol. The largest absolute Gasteiger partial charge is 0.346 e. The zero-order valence-electron chi connectivity index (χ0n) is 10.4.